The third-order valence-electron chi connectivity index (χ3n) is 3.49. The fraction of sp³-hybridized carbons (Fsp3) is 0.769. The van der Waals surface area contributed by atoms with E-state index in [1.807, 2.05) is 10.9 Å². The normalized spacial score (nSPS) is 17.2. The van der Waals surface area contributed by atoms with Crippen molar-refractivity contribution in [2.75, 3.05) is 13.2 Å². The summed E-state index contributed by atoms with van der Waals surface area (Å²) in [6.45, 7) is 2.12. The number of hydrogen-bond donors (Lipinski definition) is 1. The van der Waals surface area contributed by atoms with Crippen LogP contribution >= 0.6 is 0 Å². The number of nitrogens with two attached hydrogens (primary N) is 1. The van der Waals surface area contributed by atoms with Crippen LogP contribution in [0.2, 0.25) is 0 Å². The number of aromatic nitrogens is 2. The fourth-order valence-electron chi connectivity index (χ4n) is 2.51. The standard InChI is InChI=1S/C13H23N3O/c14-7-9-17-13-10-15-16(11-13)8-6-12-4-2-1-3-5-12/h10-12H,1-9,14H2. The van der Waals surface area contributed by atoms with Crippen molar-refractivity contribution in [3.63, 3.8) is 0 Å². The lowest BCUT2D eigenvalue weighted by Gasteiger charge is -2.21. The first kappa shape index (κ1) is 12.4. The molecule has 96 valence electrons. The number of aryl methyl sites for hydroxylation is 1. The summed E-state index contributed by atoms with van der Waals surface area (Å²) in [7, 11) is 0. The van der Waals surface area contributed by atoms with E-state index in [-0.39, 0.29) is 0 Å². The Morgan fingerprint density at radius 3 is 2.94 bits per heavy atom. The summed E-state index contributed by atoms with van der Waals surface area (Å²) in [4.78, 5) is 0. The molecule has 0 aromatic carbocycles. The molecule has 0 bridgehead atoms. The molecule has 0 unspecified atom stereocenters. The maximum Gasteiger partial charge on any atom is 0.157 e. The van der Waals surface area contributed by atoms with E-state index < -0.39 is 0 Å². The van der Waals surface area contributed by atoms with Crippen LogP contribution in [0, 0.1) is 5.92 Å². The molecule has 1 aromatic heterocycles. The molecule has 2 N–H and O–H groups in total. The van der Waals surface area contributed by atoms with Gasteiger partial charge in [-0.15, -0.1) is 0 Å². The van der Waals surface area contributed by atoms with Gasteiger partial charge in [0.15, 0.2) is 5.75 Å². The summed E-state index contributed by atoms with van der Waals surface area (Å²) < 4.78 is 7.41. The molecule has 1 aliphatic rings. The molecule has 4 heteroatoms. The highest BCUT2D eigenvalue weighted by molar-refractivity contribution is 5.11. The van der Waals surface area contributed by atoms with Crippen LogP contribution in [-0.2, 0) is 6.54 Å². The summed E-state index contributed by atoms with van der Waals surface area (Å²) in [5, 5.41) is 4.30. The van der Waals surface area contributed by atoms with Crippen molar-refractivity contribution in [3.8, 4) is 5.75 Å². The van der Waals surface area contributed by atoms with Crippen LogP contribution in [0.5, 0.6) is 5.75 Å². The number of ether oxygens (including phenoxy) is 1. The lowest BCUT2D eigenvalue weighted by atomic mass is 9.87. The van der Waals surface area contributed by atoms with E-state index in [2.05, 4.69) is 5.10 Å². The monoisotopic (exact) mass is 237 g/mol. The molecule has 2 rings (SSSR count). The first-order valence-electron chi connectivity index (χ1n) is 6.74. The van der Waals surface area contributed by atoms with E-state index in [0.29, 0.717) is 13.2 Å². The van der Waals surface area contributed by atoms with Gasteiger partial charge in [-0.2, -0.15) is 5.10 Å². The van der Waals surface area contributed by atoms with E-state index in [1.54, 1.807) is 6.20 Å². The minimum Gasteiger partial charge on any atom is -0.489 e. The molecule has 0 atom stereocenters. The van der Waals surface area contributed by atoms with Crippen LogP contribution in [0.1, 0.15) is 38.5 Å². The van der Waals surface area contributed by atoms with E-state index in [1.165, 1.54) is 38.5 Å². The van der Waals surface area contributed by atoms with Gasteiger partial charge >= 0.3 is 0 Å². The van der Waals surface area contributed by atoms with Crippen LogP contribution < -0.4 is 10.5 Å². The van der Waals surface area contributed by atoms with Gasteiger partial charge in [-0.05, 0) is 12.3 Å². The van der Waals surface area contributed by atoms with Crippen LogP contribution in [0.3, 0.4) is 0 Å². The van der Waals surface area contributed by atoms with E-state index in [9.17, 15) is 0 Å². The summed E-state index contributed by atoms with van der Waals surface area (Å²) in [5.41, 5.74) is 5.39. The van der Waals surface area contributed by atoms with Crippen molar-refractivity contribution >= 4 is 0 Å². The Labute approximate surface area is 103 Å². The van der Waals surface area contributed by atoms with Crippen LogP contribution in [0.25, 0.3) is 0 Å². The predicted octanol–water partition coefficient (Wildman–Crippen LogP) is 2.19. The minimum atomic E-state index is 0.549. The highest BCUT2D eigenvalue weighted by Gasteiger charge is 2.13. The molecular weight excluding hydrogens is 214 g/mol. The van der Waals surface area contributed by atoms with Gasteiger partial charge in [-0.1, -0.05) is 32.1 Å². The average molecular weight is 237 g/mol. The molecule has 0 saturated heterocycles. The van der Waals surface area contributed by atoms with Crippen molar-refractivity contribution < 1.29 is 4.74 Å². The molecule has 1 heterocycles. The van der Waals surface area contributed by atoms with E-state index >= 15 is 0 Å². The Bertz CT molecular complexity index is 318. The molecule has 0 amide bonds. The van der Waals surface area contributed by atoms with Gasteiger partial charge in [0.05, 0.1) is 12.4 Å². The smallest absolute Gasteiger partial charge is 0.157 e. The molecule has 0 aliphatic heterocycles. The van der Waals surface area contributed by atoms with Crippen molar-refractivity contribution in [1.82, 2.24) is 9.78 Å². The predicted molar refractivity (Wildman–Crippen MR) is 68.0 cm³/mol. The summed E-state index contributed by atoms with van der Waals surface area (Å²) in [6, 6.07) is 0. The topological polar surface area (TPSA) is 53.1 Å². The molecule has 0 radical (unpaired) electrons. The first-order chi connectivity index (χ1) is 8.38. The highest BCUT2D eigenvalue weighted by Crippen LogP contribution is 2.26. The summed E-state index contributed by atoms with van der Waals surface area (Å²) in [6.07, 6.45) is 12.0. The zero-order valence-corrected chi connectivity index (χ0v) is 10.5. The second kappa shape index (κ2) is 6.64. The van der Waals surface area contributed by atoms with Crippen molar-refractivity contribution in [3.05, 3.63) is 12.4 Å². The molecule has 1 aliphatic carbocycles. The van der Waals surface area contributed by atoms with E-state index in [0.717, 1.165) is 18.2 Å². The number of hydrogen-bond acceptors (Lipinski definition) is 3. The van der Waals surface area contributed by atoms with Gasteiger partial charge in [0.25, 0.3) is 0 Å². The van der Waals surface area contributed by atoms with Crippen molar-refractivity contribution in [2.24, 2.45) is 11.7 Å². The van der Waals surface area contributed by atoms with Crippen LogP contribution in [0.15, 0.2) is 12.4 Å². The van der Waals surface area contributed by atoms with Crippen molar-refractivity contribution in [1.29, 1.82) is 0 Å². The Kier molecular flexibility index (Phi) is 4.86. The molecule has 17 heavy (non-hydrogen) atoms. The van der Waals surface area contributed by atoms with Gasteiger partial charge in [0.1, 0.15) is 6.61 Å². The molecule has 0 spiro atoms. The molecule has 1 saturated carbocycles. The lowest BCUT2D eigenvalue weighted by molar-refractivity contribution is 0.316. The molecular formula is C13H23N3O. The second-order valence-electron chi connectivity index (χ2n) is 4.87. The van der Waals surface area contributed by atoms with Gasteiger partial charge in [-0.25, -0.2) is 0 Å². The Morgan fingerprint density at radius 1 is 1.35 bits per heavy atom. The maximum atomic E-state index is 5.42. The summed E-state index contributed by atoms with van der Waals surface area (Å²) in [5.74, 6) is 1.74. The Balaban J connectivity index is 1.72. The fourth-order valence-corrected chi connectivity index (χ4v) is 2.51. The largest absolute Gasteiger partial charge is 0.489 e. The molecule has 4 nitrogen and oxygen atoms in total. The third-order valence-corrected chi connectivity index (χ3v) is 3.49. The SMILES string of the molecule is NCCOc1cnn(CCC2CCCCC2)c1. The van der Waals surface area contributed by atoms with Gasteiger partial charge in [0.2, 0.25) is 0 Å². The van der Waals surface area contributed by atoms with Crippen molar-refractivity contribution in [2.45, 2.75) is 45.1 Å². The maximum absolute atomic E-state index is 5.42. The minimum absolute atomic E-state index is 0.549. The van der Waals surface area contributed by atoms with Crippen LogP contribution in [-0.4, -0.2) is 22.9 Å². The zero-order chi connectivity index (χ0) is 11.9. The van der Waals surface area contributed by atoms with E-state index in [4.69, 9.17) is 10.5 Å². The quantitative estimate of drug-likeness (QED) is 0.825. The van der Waals surface area contributed by atoms with Gasteiger partial charge < -0.3 is 10.5 Å². The van der Waals surface area contributed by atoms with Crippen LogP contribution in [0.4, 0.5) is 0 Å². The second-order valence-corrected chi connectivity index (χ2v) is 4.87. The summed E-state index contributed by atoms with van der Waals surface area (Å²) >= 11 is 0. The average Bonchev–Trinajstić information content (AvgIpc) is 2.83. The highest BCUT2D eigenvalue weighted by atomic mass is 16.5. The molecule has 1 fully saturated rings. The number of rotatable bonds is 6. The Morgan fingerprint density at radius 2 is 2.18 bits per heavy atom. The van der Waals surface area contributed by atoms with Gasteiger partial charge in [0, 0.05) is 13.1 Å². The lowest BCUT2D eigenvalue weighted by Crippen LogP contribution is -2.11. The number of nitrogens with zero attached hydrogens (tertiary/aromatic N) is 2. The zero-order valence-electron chi connectivity index (χ0n) is 10.5. The molecule has 1 aromatic rings. The first-order valence-corrected chi connectivity index (χ1v) is 6.74. The Hall–Kier alpha value is -1.03. The third kappa shape index (κ3) is 4.04. The van der Waals surface area contributed by atoms with Gasteiger partial charge in [-0.3, -0.25) is 4.68 Å².